The van der Waals surface area contributed by atoms with E-state index < -0.39 is 11.8 Å². The number of benzene rings is 3. The Kier molecular flexibility index (Phi) is 11.7. The monoisotopic (exact) mass is 591 g/mol. The van der Waals surface area contributed by atoms with E-state index in [2.05, 4.69) is 12.1 Å². The Morgan fingerprint density at radius 3 is 2.28 bits per heavy atom. The van der Waals surface area contributed by atoms with Crippen molar-refractivity contribution in [3.05, 3.63) is 89.5 Å². The smallest absolute Gasteiger partial charge is 0.412 e. The van der Waals surface area contributed by atoms with Crippen LogP contribution < -0.4 is 14.2 Å². The largest absolute Gasteiger partial charge is 0.497 e. The van der Waals surface area contributed by atoms with Crippen LogP contribution in [0.4, 0.5) is 4.79 Å². The van der Waals surface area contributed by atoms with Gasteiger partial charge >= 0.3 is 6.09 Å². The summed E-state index contributed by atoms with van der Waals surface area (Å²) >= 11 is 0. The molecule has 2 unspecified atom stereocenters. The standard InChI is InChI=1S/C35H45NO7/c1-35(2,3)43-34(37)36-20-19-28(23-33(36)42-24-26-11-15-30(38-4)16-12-26)27-13-17-31(18-14-27)41-22-8-21-40-25-29-9-6-7-10-32(29)39-5/h6-7,9-18,28,33H,8,19-25H2,1-5H3. The minimum atomic E-state index is -0.578. The lowest BCUT2D eigenvalue weighted by atomic mass is 9.88. The van der Waals surface area contributed by atoms with Gasteiger partial charge < -0.3 is 28.4 Å². The van der Waals surface area contributed by atoms with Crippen LogP contribution in [0.25, 0.3) is 0 Å². The second-order valence-electron chi connectivity index (χ2n) is 11.6. The molecule has 1 aliphatic rings. The minimum absolute atomic E-state index is 0.247. The lowest BCUT2D eigenvalue weighted by Gasteiger charge is -2.39. The first-order valence-corrected chi connectivity index (χ1v) is 14.9. The van der Waals surface area contributed by atoms with Gasteiger partial charge in [-0.2, -0.15) is 0 Å². The highest BCUT2D eigenvalue weighted by Gasteiger charge is 2.35. The minimum Gasteiger partial charge on any atom is -0.497 e. The highest BCUT2D eigenvalue weighted by Crippen LogP contribution is 2.34. The van der Waals surface area contributed by atoms with Gasteiger partial charge in [-0.3, -0.25) is 4.90 Å². The highest BCUT2D eigenvalue weighted by atomic mass is 16.6. The fourth-order valence-corrected chi connectivity index (χ4v) is 5.02. The third kappa shape index (κ3) is 9.90. The maximum absolute atomic E-state index is 13.1. The van der Waals surface area contributed by atoms with Crippen molar-refractivity contribution in [1.82, 2.24) is 4.90 Å². The summed E-state index contributed by atoms with van der Waals surface area (Å²) in [6.45, 7) is 8.26. The molecule has 4 rings (SSSR count). The topological polar surface area (TPSA) is 75.7 Å². The van der Waals surface area contributed by atoms with Crippen molar-refractivity contribution >= 4 is 6.09 Å². The van der Waals surface area contributed by atoms with Crippen LogP contribution in [-0.4, -0.2) is 56.8 Å². The molecule has 0 N–H and O–H groups in total. The average Bonchev–Trinajstić information content (AvgIpc) is 3.01. The molecule has 2 atom stereocenters. The first kappa shape index (κ1) is 32.2. The van der Waals surface area contributed by atoms with Crippen LogP contribution >= 0.6 is 0 Å². The summed E-state index contributed by atoms with van der Waals surface area (Å²) < 4.78 is 34.4. The van der Waals surface area contributed by atoms with Crippen molar-refractivity contribution in [3.8, 4) is 17.2 Å². The number of hydrogen-bond donors (Lipinski definition) is 0. The number of carbonyl (C=O) groups excluding carboxylic acids is 1. The van der Waals surface area contributed by atoms with E-state index in [0.29, 0.717) is 39.4 Å². The average molecular weight is 592 g/mol. The van der Waals surface area contributed by atoms with E-state index >= 15 is 0 Å². The molecule has 1 heterocycles. The second kappa shape index (κ2) is 15.6. The number of ether oxygens (including phenoxy) is 6. The fraction of sp³-hybridized carbons (Fsp3) is 0.457. The third-order valence-electron chi connectivity index (χ3n) is 7.29. The van der Waals surface area contributed by atoms with Crippen LogP contribution in [0.2, 0.25) is 0 Å². The SMILES string of the molecule is COc1ccc(COC2CC(c3ccc(OCCCOCc4ccccc4OC)cc3)CCN2C(=O)OC(C)(C)C)cc1. The number of amides is 1. The zero-order chi connectivity index (χ0) is 30.7. The zero-order valence-corrected chi connectivity index (χ0v) is 26.0. The summed E-state index contributed by atoms with van der Waals surface area (Å²) in [4.78, 5) is 14.8. The molecule has 1 aliphatic heterocycles. The molecular weight excluding hydrogens is 546 g/mol. The lowest BCUT2D eigenvalue weighted by molar-refractivity contribution is -0.0938. The summed E-state index contributed by atoms with van der Waals surface area (Å²) in [6.07, 6.45) is 1.54. The molecule has 232 valence electrons. The summed E-state index contributed by atoms with van der Waals surface area (Å²) in [5.74, 6) is 2.70. The van der Waals surface area contributed by atoms with Gasteiger partial charge in [0, 0.05) is 18.5 Å². The molecule has 1 saturated heterocycles. The van der Waals surface area contributed by atoms with Crippen molar-refractivity contribution in [1.29, 1.82) is 0 Å². The summed E-state index contributed by atoms with van der Waals surface area (Å²) in [5.41, 5.74) is 2.67. The van der Waals surface area contributed by atoms with Crippen molar-refractivity contribution < 1.29 is 33.2 Å². The van der Waals surface area contributed by atoms with Crippen molar-refractivity contribution in [2.75, 3.05) is 34.0 Å². The number of para-hydroxylation sites is 1. The van der Waals surface area contributed by atoms with Gasteiger partial charge in [-0.25, -0.2) is 4.79 Å². The quantitative estimate of drug-likeness (QED) is 0.192. The van der Waals surface area contributed by atoms with Gasteiger partial charge in [-0.15, -0.1) is 0 Å². The number of likely N-dealkylation sites (tertiary alicyclic amines) is 1. The van der Waals surface area contributed by atoms with Crippen LogP contribution in [0.3, 0.4) is 0 Å². The molecule has 3 aromatic carbocycles. The van der Waals surface area contributed by atoms with Crippen LogP contribution in [0.15, 0.2) is 72.8 Å². The maximum Gasteiger partial charge on any atom is 0.412 e. The van der Waals surface area contributed by atoms with Crippen LogP contribution in [0.1, 0.15) is 62.6 Å². The molecule has 1 amide bonds. The normalized spacial score (nSPS) is 16.9. The molecule has 0 spiro atoms. The summed E-state index contributed by atoms with van der Waals surface area (Å²) in [6, 6.07) is 23.9. The molecule has 43 heavy (non-hydrogen) atoms. The van der Waals surface area contributed by atoms with Crippen molar-refractivity contribution in [3.63, 3.8) is 0 Å². The van der Waals surface area contributed by atoms with Crippen LogP contribution in [-0.2, 0) is 27.4 Å². The predicted octanol–water partition coefficient (Wildman–Crippen LogP) is 7.35. The van der Waals surface area contributed by atoms with E-state index in [1.807, 2.05) is 81.4 Å². The lowest BCUT2D eigenvalue weighted by Crippen LogP contribution is -2.48. The Balaban J connectivity index is 1.28. The number of rotatable bonds is 13. The van der Waals surface area contributed by atoms with Crippen LogP contribution in [0, 0.1) is 0 Å². The molecule has 0 radical (unpaired) electrons. The van der Waals surface area contributed by atoms with E-state index in [1.54, 1.807) is 19.1 Å². The fourth-order valence-electron chi connectivity index (χ4n) is 5.02. The van der Waals surface area contributed by atoms with Gasteiger partial charge in [-0.1, -0.05) is 42.5 Å². The molecular formula is C35H45NO7. The molecule has 0 aromatic heterocycles. The van der Waals surface area contributed by atoms with Gasteiger partial charge in [-0.05, 0) is 81.0 Å². The number of hydrogen-bond acceptors (Lipinski definition) is 7. The van der Waals surface area contributed by atoms with E-state index in [9.17, 15) is 4.79 Å². The predicted molar refractivity (Wildman–Crippen MR) is 166 cm³/mol. The Morgan fingerprint density at radius 1 is 0.860 bits per heavy atom. The van der Waals surface area contributed by atoms with E-state index in [1.165, 1.54) is 5.56 Å². The first-order chi connectivity index (χ1) is 20.8. The Labute approximate surface area is 255 Å². The Hall–Kier alpha value is -3.75. The van der Waals surface area contributed by atoms with E-state index in [4.69, 9.17) is 28.4 Å². The Morgan fingerprint density at radius 2 is 1.58 bits per heavy atom. The molecule has 0 saturated carbocycles. The first-order valence-electron chi connectivity index (χ1n) is 14.9. The van der Waals surface area contributed by atoms with E-state index in [0.717, 1.165) is 41.2 Å². The molecule has 3 aromatic rings. The van der Waals surface area contributed by atoms with Gasteiger partial charge in [0.1, 0.15) is 29.1 Å². The number of piperidine rings is 1. The van der Waals surface area contributed by atoms with Crippen LogP contribution in [0.5, 0.6) is 17.2 Å². The van der Waals surface area contributed by atoms with Crippen molar-refractivity contribution in [2.24, 2.45) is 0 Å². The molecule has 8 nitrogen and oxygen atoms in total. The number of nitrogens with zero attached hydrogens (tertiary/aromatic N) is 1. The van der Waals surface area contributed by atoms with Gasteiger partial charge in [0.2, 0.25) is 0 Å². The highest BCUT2D eigenvalue weighted by molar-refractivity contribution is 5.68. The number of carbonyl (C=O) groups is 1. The maximum atomic E-state index is 13.1. The third-order valence-corrected chi connectivity index (χ3v) is 7.29. The van der Waals surface area contributed by atoms with Gasteiger partial charge in [0.05, 0.1) is 40.6 Å². The second-order valence-corrected chi connectivity index (χ2v) is 11.6. The Bertz CT molecular complexity index is 1270. The molecule has 8 heteroatoms. The van der Waals surface area contributed by atoms with Gasteiger partial charge in [0.25, 0.3) is 0 Å². The summed E-state index contributed by atoms with van der Waals surface area (Å²) in [5, 5.41) is 0. The van der Waals surface area contributed by atoms with Gasteiger partial charge in [0.15, 0.2) is 0 Å². The zero-order valence-electron chi connectivity index (χ0n) is 26.0. The summed E-state index contributed by atoms with van der Waals surface area (Å²) in [7, 11) is 3.31. The number of methoxy groups -OCH3 is 2. The molecule has 0 aliphatic carbocycles. The molecule has 0 bridgehead atoms. The molecule has 1 fully saturated rings. The van der Waals surface area contributed by atoms with E-state index in [-0.39, 0.29) is 12.0 Å². The van der Waals surface area contributed by atoms with Crippen molar-refractivity contribution in [2.45, 2.75) is 71.0 Å².